The van der Waals surface area contributed by atoms with Crippen LogP contribution in [0.1, 0.15) is 42.3 Å². The van der Waals surface area contributed by atoms with Crippen molar-refractivity contribution in [2.45, 2.75) is 40.0 Å². The zero-order chi connectivity index (χ0) is 25.2. The van der Waals surface area contributed by atoms with E-state index in [4.69, 9.17) is 21.1 Å². The third-order valence-electron chi connectivity index (χ3n) is 5.75. The van der Waals surface area contributed by atoms with Gasteiger partial charge in [-0.25, -0.2) is 9.59 Å². The van der Waals surface area contributed by atoms with Gasteiger partial charge in [0.15, 0.2) is 0 Å². The first kappa shape index (κ1) is 25.0. The van der Waals surface area contributed by atoms with Crippen LogP contribution in [0.4, 0.5) is 5.69 Å². The molecule has 0 fully saturated rings. The van der Waals surface area contributed by atoms with Crippen molar-refractivity contribution in [1.82, 2.24) is 10.3 Å². The number of nitrogens with zero attached hydrogens (tertiary/aromatic N) is 1. The number of dihydropyridines is 1. The Bertz CT molecular complexity index is 1230. The first-order chi connectivity index (χ1) is 16.0. The Labute approximate surface area is 201 Å². The van der Waals surface area contributed by atoms with Crippen molar-refractivity contribution >= 4 is 29.2 Å². The summed E-state index contributed by atoms with van der Waals surface area (Å²) >= 11 is 6.42. The molecule has 2 N–H and O–H groups in total. The maximum atomic E-state index is 13.3. The number of nitrogens with one attached hydrogen (secondary N) is 2. The number of halogens is 1. The van der Waals surface area contributed by atoms with Crippen LogP contribution >= 0.6 is 11.6 Å². The number of ether oxygens (including phenoxy) is 2. The van der Waals surface area contributed by atoms with Crippen LogP contribution in [0.15, 0.2) is 46.8 Å². The monoisotopic (exact) mass is 487 g/mol. The van der Waals surface area contributed by atoms with Crippen molar-refractivity contribution in [3.8, 4) is 0 Å². The highest BCUT2D eigenvalue weighted by atomic mass is 35.5. The van der Waals surface area contributed by atoms with E-state index >= 15 is 0 Å². The Morgan fingerprint density at radius 3 is 2.29 bits per heavy atom. The highest BCUT2D eigenvalue weighted by molar-refractivity contribution is 6.31. The van der Waals surface area contributed by atoms with E-state index in [1.165, 1.54) is 25.3 Å². The van der Waals surface area contributed by atoms with Gasteiger partial charge in [0.05, 0.1) is 35.7 Å². The number of non-ortho nitro benzene ring substituents is 1. The van der Waals surface area contributed by atoms with Crippen molar-refractivity contribution in [2.75, 3.05) is 13.7 Å². The summed E-state index contributed by atoms with van der Waals surface area (Å²) in [6, 6.07) is 5.89. The summed E-state index contributed by atoms with van der Waals surface area (Å²) in [5.74, 6) is -2.35. The number of hydrogen-bond acceptors (Lipinski definition) is 7. The molecule has 9 nitrogen and oxygen atoms in total. The second-order valence-electron chi connectivity index (χ2n) is 8.08. The molecule has 2 heterocycles. The van der Waals surface area contributed by atoms with Crippen molar-refractivity contribution < 1.29 is 24.0 Å². The van der Waals surface area contributed by atoms with E-state index < -0.39 is 22.8 Å². The van der Waals surface area contributed by atoms with E-state index in [1.807, 2.05) is 19.9 Å². The third-order valence-corrected chi connectivity index (χ3v) is 6.09. The molecule has 0 radical (unpaired) electrons. The van der Waals surface area contributed by atoms with Gasteiger partial charge in [0.2, 0.25) is 0 Å². The molecule has 1 aliphatic rings. The van der Waals surface area contributed by atoms with E-state index in [1.54, 1.807) is 13.8 Å². The van der Waals surface area contributed by atoms with Crippen LogP contribution in [0.25, 0.3) is 0 Å². The number of aromatic nitrogens is 1. The number of esters is 2. The van der Waals surface area contributed by atoms with E-state index in [2.05, 4.69) is 10.3 Å². The van der Waals surface area contributed by atoms with Crippen LogP contribution < -0.4 is 5.32 Å². The molecule has 0 amide bonds. The number of aromatic amines is 1. The number of allylic oxidation sites excluding steroid dienone is 2. The fourth-order valence-corrected chi connectivity index (χ4v) is 4.42. The van der Waals surface area contributed by atoms with E-state index in [9.17, 15) is 19.7 Å². The summed E-state index contributed by atoms with van der Waals surface area (Å²) in [5.41, 5.74) is 4.22. The second kappa shape index (κ2) is 10.1. The molecule has 10 heteroatoms. The minimum absolute atomic E-state index is 0.111. The lowest BCUT2D eigenvalue weighted by Crippen LogP contribution is -2.32. The average molecular weight is 488 g/mol. The molecular weight excluding hydrogens is 462 g/mol. The van der Waals surface area contributed by atoms with E-state index in [-0.39, 0.29) is 34.0 Å². The van der Waals surface area contributed by atoms with Crippen LogP contribution in [-0.4, -0.2) is 35.6 Å². The van der Waals surface area contributed by atoms with Crippen molar-refractivity contribution in [1.29, 1.82) is 0 Å². The number of nitro benzene ring substituents is 1. The maximum Gasteiger partial charge on any atom is 0.336 e. The number of benzene rings is 1. The Hall–Kier alpha value is -3.59. The number of carbonyl (C=O) groups is 2. The molecule has 34 heavy (non-hydrogen) atoms. The first-order valence-corrected chi connectivity index (χ1v) is 11.0. The molecule has 1 aliphatic heterocycles. The van der Waals surface area contributed by atoms with Gasteiger partial charge in [-0.05, 0) is 51.0 Å². The fourth-order valence-electron chi connectivity index (χ4n) is 4.19. The Morgan fingerprint density at radius 1 is 1.09 bits per heavy atom. The van der Waals surface area contributed by atoms with Gasteiger partial charge in [-0.15, -0.1) is 0 Å². The molecule has 3 rings (SSSR count). The summed E-state index contributed by atoms with van der Waals surface area (Å²) in [5, 5.41) is 14.6. The molecule has 0 saturated heterocycles. The van der Waals surface area contributed by atoms with Gasteiger partial charge < -0.3 is 19.8 Å². The topological polar surface area (TPSA) is 124 Å². The van der Waals surface area contributed by atoms with Gasteiger partial charge in [-0.3, -0.25) is 10.1 Å². The van der Waals surface area contributed by atoms with E-state index in [0.717, 1.165) is 17.0 Å². The number of H-pyrrole nitrogens is 1. The smallest absolute Gasteiger partial charge is 0.336 e. The summed E-state index contributed by atoms with van der Waals surface area (Å²) in [7, 11) is 1.22. The predicted octanol–water partition coefficient (Wildman–Crippen LogP) is 4.39. The minimum atomic E-state index is -1.01. The second-order valence-corrected chi connectivity index (χ2v) is 8.49. The first-order valence-electron chi connectivity index (χ1n) is 10.6. The standard InChI is InChI=1S/C24H26ClN3O6/c1-12-10-16(13(2)26-12)8-9-34-24(30)21-15(4)27-14(3)20(23(29)33-5)22(21)18-11-17(28(31)32)6-7-19(18)25/h6-7,10-11,22,26-27H,8-9H2,1-5H3. The number of hydrogen-bond donors (Lipinski definition) is 2. The molecule has 2 aromatic rings. The lowest BCUT2D eigenvalue weighted by atomic mass is 9.80. The molecule has 1 unspecified atom stereocenters. The number of nitro groups is 1. The molecule has 180 valence electrons. The Kier molecular flexibility index (Phi) is 7.46. The van der Waals surface area contributed by atoms with Gasteiger partial charge >= 0.3 is 11.9 Å². The molecule has 0 saturated carbocycles. The number of carbonyl (C=O) groups excluding carboxylic acids is 2. The Morgan fingerprint density at radius 2 is 1.74 bits per heavy atom. The minimum Gasteiger partial charge on any atom is -0.466 e. The summed E-state index contributed by atoms with van der Waals surface area (Å²) in [6.45, 7) is 7.33. The van der Waals surface area contributed by atoms with Crippen LogP contribution in [0.5, 0.6) is 0 Å². The van der Waals surface area contributed by atoms with Crippen molar-refractivity contribution in [3.05, 3.63) is 84.5 Å². The lowest BCUT2D eigenvalue weighted by molar-refractivity contribution is -0.384. The number of aryl methyl sites for hydroxylation is 2. The quantitative estimate of drug-likeness (QED) is 0.337. The molecule has 0 bridgehead atoms. The molecular formula is C24H26ClN3O6. The number of rotatable bonds is 7. The number of methoxy groups -OCH3 is 1. The van der Waals surface area contributed by atoms with Gasteiger partial charge in [0, 0.05) is 46.4 Å². The van der Waals surface area contributed by atoms with E-state index in [0.29, 0.717) is 17.8 Å². The van der Waals surface area contributed by atoms with Gasteiger partial charge in [0.1, 0.15) is 0 Å². The summed E-state index contributed by atoms with van der Waals surface area (Å²) in [6.07, 6.45) is 0.503. The lowest BCUT2D eigenvalue weighted by Gasteiger charge is -2.30. The van der Waals surface area contributed by atoms with Crippen molar-refractivity contribution in [2.24, 2.45) is 0 Å². The predicted molar refractivity (Wildman–Crippen MR) is 126 cm³/mol. The highest BCUT2D eigenvalue weighted by Gasteiger charge is 2.39. The molecule has 0 aliphatic carbocycles. The van der Waals surface area contributed by atoms with Gasteiger partial charge in [-0.1, -0.05) is 11.6 Å². The zero-order valence-electron chi connectivity index (χ0n) is 19.6. The van der Waals surface area contributed by atoms with Gasteiger partial charge in [0.25, 0.3) is 5.69 Å². The summed E-state index contributed by atoms with van der Waals surface area (Å²) in [4.78, 5) is 40.1. The average Bonchev–Trinajstić information content (AvgIpc) is 3.09. The maximum absolute atomic E-state index is 13.3. The normalized spacial score (nSPS) is 15.8. The van der Waals surface area contributed by atoms with Crippen molar-refractivity contribution in [3.63, 3.8) is 0 Å². The molecule has 1 atom stereocenters. The van der Waals surface area contributed by atoms with Crippen LogP contribution in [0, 0.1) is 24.0 Å². The molecule has 1 aromatic carbocycles. The zero-order valence-corrected chi connectivity index (χ0v) is 20.3. The third kappa shape index (κ3) is 4.99. The summed E-state index contributed by atoms with van der Waals surface area (Å²) < 4.78 is 10.5. The van der Waals surface area contributed by atoms with Gasteiger partial charge in [-0.2, -0.15) is 0 Å². The largest absolute Gasteiger partial charge is 0.466 e. The molecule has 1 aromatic heterocycles. The fraction of sp³-hybridized carbons (Fsp3) is 0.333. The molecule has 0 spiro atoms. The SMILES string of the molecule is COC(=O)C1=C(C)NC(C)=C(C(=O)OCCc2cc(C)[nH]c2C)C1c1cc([N+](=O)[O-])ccc1Cl. The van der Waals surface area contributed by atoms with Crippen LogP contribution in [-0.2, 0) is 25.5 Å². The van der Waals surface area contributed by atoms with Crippen LogP contribution in [0.3, 0.4) is 0 Å². The highest BCUT2D eigenvalue weighted by Crippen LogP contribution is 2.43. The Balaban J connectivity index is 2.01. The van der Waals surface area contributed by atoms with Crippen LogP contribution in [0.2, 0.25) is 5.02 Å².